The summed E-state index contributed by atoms with van der Waals surface area (Å²) in [5.41, 5.74) is 5.91. The van der Waals surface area contributed by atoms with Crippen LogP contribution in [0.3, 0.4) is 0 Å². The van der Waals surface area contributed by atoms with Crippen molar-refractivity contribution in [3.63, 3.8) is 0 Å². The summed E-state index contributed by atoms with van der Waals surface area (Å²) in [6.07, 6.45) is 1.59. The van der Waals surface area contributed by atoms with Crippen LogP contribution in [0, 0.1) is 11.3 Å². The van der Waals surface area contributed by atoms with Crippen LogP contribution in [0.2, 0.25) is 5.02 Å². The van der Waals surface area contributed by atoms with E-state index >= 15 is 0 Å². The lowest BCUT2D eigenvalue weighted by Gasteiger charge is -2.10. The van der Waals surface area contributed by atoms with E-state index in [1.807, 2.05) is 54.6 Å². The number of halogens is 1. The van der Waals surface area contributed by atoms with Gasteiger partial charge in [0.2, 0.25) is 0 Å². The lowest BCUT2D eigenvalue weighted by atomic mass is 10.0. The number of amides is 1. The predicted molar refractivity (Wildman–Crippen MR) is 134 cm³/mol. The predicted octanol–water partition coefficient (Wildman–Crippen LogP) is 5.12. The summed E-state index contributed by atoms with van der Waals surface area (Å²) < 4.78 is 0. The van der Waals surface area contributed by atoms with Crippen molar-refractivity contribution in [3.8, 4) is 11.8 Å². The molecule has 0 saturated heterocycles. The highest BCUT2D eigenvalue weighted by Gasteiger charge is 2.09. The zero-order chi connectivity index (χ0) is 23.9. The first-order valence-electron chi connectivity index (χ1n) is 10.6. The van der Waals surface area contributed by atoms with Crippen LogP contribution in [0.15, 0.2) is 84.0 Å². The molecule has 0 fully saturated rings. The second kappa shape index (κ2) is 10.6. The molecule has 4 aromatic carbocycles. The standard InChI is InChI=1S/C27H21ClN4O2/c28-23-10-7-18(8-11-23)15-30-16-20-3-1-6-25-21(4-2-5-24(20)25)17-31-32-27(34)19-9-12-26(33)22(13-19)14-29/h1-13,17,30,33H,15-16H2,(H,32,34). The molecule has 168 valence electrons. The molecule has 0 spiro atoms. The third-order valence-electron chi connectivity index (χ3n) is 5.35. The number of nitrogens with one attached hydrogen (secondary N) is 2. The fraction of sp³-hybridized carbons (Fsp3) is 0.0741. The van der Waals surface area contributed by atoms with E-state index in [0.29, 0.717) is 6.54 Å². The average Bonchev–Trinajstić information content (AvgIpc) is 2.86. The number of carbonyl (C=O) groups is 1. The second-order valence-electron chi connectivity index (χ2n) is 7.63. The third-order valence-corrected chi connectivity index (χ3v) is 5.60. The number of nitriles is 1. The van der Waals surface area contributed by atoms with Crippen molar-refractivity contribution < 1.29 is 9.90 Å². The van der Waals surface area contributed by atoms with Gasteiger partial charge in [-0.3, -0.25) is 4.79 Å². The van der Waals surface area contributed by atoms with Gasteiger partial charge in [0.1, 0.15) is 11.8 Å². The number of phenols is 1. The average molecular weight is 469 g/mol. The van der Waals surface area contributed by atoms with Gasteiger partial charge >= 0.3 is 0 Å². The Labute approximate surface area is 202 Å². The van der Waals surface area contributed by atoms with E-state index in [-0.39, 0.29) is 16.9 Å². The Hall–Kier alpha value is -4.18. The zero-order valence-electron chi connectivity index (χ0n) is 18.1. The number of aromatic hydroxyl groups is 1. The highest BCUT2D eigenvalue weighted by atomic mass is 35.5. The molecule has 0 bridgehead atoms. The second-order valence-corrected chi connectivity index (χ2v) is 8.07. The van der Waals surface area contributed by atoms with Crippen molar-refractivity contribution >= 4 is 34.5 Å². The van der Waals surface area contributed by atoms with Crippen LogP contribution in [0.4, 0.5) is 0 Å². The summed E-state index contributed by atoms with van der Waals surface area (Å²) >= 11 is 5.95. The minimum absolute atomic E-state index is 0.0304. The molecule has 0 radical (unpaired) electrons. The number of hydrogen-bond acceptors (Lipinski definition) is 5. The van der Waals surface area contributed by atoms with Gasteiger partial charge in [-0.15, -0.1) is 0 Å². The quantitative estimate of drug-likeness (QED) is 0.259. The fourth-order valence-corrected chi connectivity index (χ4v) is 3.73. The molecule has 0 aromatic heterocycles. The number of phenolic OH excluding ortho intramolecular Hbond substituents is 1. The minimum atomic E-state index is -0.472. The van der Waals surface area contributed by atoms with Crippen molar-refractivity contribution in [2.75, 3.05) is 0 Å². The minimum Gasteiger partial charge on any atom is -0.507 e. The molecular formula is C27H21ClN4O2. The molecule has 4 rings (SSSR count). The Bertz CT molecular complexity index is 1410. The molecule has 1 amide bonds. The first-order chi connectivity index (χ1) is 16.5. The summed E-state index contributed by atoms with van der Waals surface area (Å²) in [5.74, 6) is -0.642. The van der Waals surface area contributed by atoms with E-state index in [9.17, 15) is 9.90 Å². The number of hydrazone groups is 1. The number of rotatable bonds is 7. The van der Waals surface area contributed by atoms with E-state index in [4.69, 9.17) is 16.9 Å². The van der Waals surface area contributed by atoms with Crippen molar-refractivity contribution in [2.24, 2.45) is 5.10 Å². The van der Waals surface area contributed by atoms with Gasteiger partial charge in [-0.25, -0.2) is 5.43 Å². The molecule has 0 aliphatic rings. The molecule has 3 N–H and O–H groups in total. The normalized spacial score (nSPS) is 10.9. The molecule has 7 heteroatoms. The Balaban J connectivity index is 1.46. The topological polar surface area (TPSA) is 97.5 Å². The molecule has 0 atom stereocenters. The number of hydrogen-bond donors (Lipinski definition) is 3. The lowest BCUT2D eigenvalue weighted by Crippen LogP contribution is -2.17. The monoisotopic (exact) mass is 468 g/mol. The fourth-order valence-electron chi connectivity index (χ4n) is 3.60. The van der Waals surface area contributed by atoms with E-state index in [1.165, 1.54) is 18.2 Å². The van der Waals surface area contributed by atoms with Crippen molar-refractivity contribution in [3.05, 3.63) is 112 Å². The van der Waals surface area contributed by atoms with Gasteiger partial charge in [0.15, 0.2) is 0 Å². The maximum Gasteiger partial charge on any atom is 0.271 e. The zero-order valence-corrected chi connectivity index (χ0v) is 18.9. The first-order valence-corrected chi connectivity index (χ1v) is 11.0. The smallest absolute Gasteiger partial charge is 0.271 e. The Morgan fingerprint density at radius 3 is 2.56 bits per heavy atom. The van der Waals surface area contributed by atoms with Crippen LogP contribution >= 0.6 is 11.6 Å². The number of carbonyl (C=O) groups excluding carboxylic acids is 1. The molecule has 0 saturated carbocycles. The van der Waals surface area contributed by atoms with Crippen molar-refractivity contribution in [2.45, 2.75) is 13.1 Å². The Morgan fingerprint density at radius 2 is 1.76 bits per heavy atom. The van der Waals surface area contributed by atoms with Gasteiger partial charge in [0, 0.05) is 29.2 Å². The maximum atomic E-state index is 12.4. The van der Waals surface area contributed by atoms with Crippen LogP contribution in [-0.2, 0) is 13.1 Å². The first kappa shape index (κ1) is 23.0. The van der Waals surface area contributed by atoms with Gasteiger partial charge in [-0.1, -0.05) is 60.1 Å². The molecule has 0 aliphatic carbocycles. The van der Waals surface area contributed by atoms with Crippen LogP contribution in [0.1, 0.15) is 32.6 Å². The van der Waals surface area contributed by atoms with E-state index in [0.717, 1.165) is 39.0 Å². The highest BCUT2D eigenvalue weighted by Crippen LogP contribution is 2.22. The molecule has 0 unspecified atom stereocenters. The van der Waals surface area contributed by atoms with Crippen LogP contribution in [0.5, 0.6) is 5.75 Å². The van der Waals surface area contributed by atoms with Crippen LogP contribution < -0.4 is 10.7 Å². The molecule has 0 heterocycles. The summed E-state index contributed by atoms with van der Waals surface area (Å²) in [6, 6.07) is 25.7. The molecular weight excluding hydrogens is 448 g/mol. The van der Waals surface area contributed by atoms with Crippen molar-refractivity contribution in [1.29, 1.82) is 5.26 Å². The SMILES string of the molecule is N#Cc1cc(C(=O)NN=Cc2cccc3c(CNCc4ccc(Cl)cc4)cccc23)ccc1O. The summed E-state index contributed by atoms with van der Waals surface area (Å²) in [6.45, 7) is 1.42. The van der Waals surface area contributed by atoms with Gasteiger partial charge in [0.05, 0.1) is 11.8 Å². The molecule has 34 heavy (non-hydrogen) atoms. The number of fused-ring (bicyclic) bond motifs is 1. The summed E-state index contributed by atoms with van der Waals surface area (Å²) in [4.78, 5) is 12.4. The van der Waals surface area contributed by atoms with Gasteiger partial charge in [-0.2, -0.15) is 10.4 Å². The Morgan fingerprint density at radius 1 is 1.00 bits per heavy atom. The third kappa shape index (κ3) is 5.41. The van der Waals surface area contributed by atoms with E-state index in [1.54, 1.807) is 6.21 Å². The summed E-state index contributed by atoms with van der Waals surface area (Å²) in [5, 5.41) is 29.0. The van der Waals surface area contributed by atoms with Crippen LogP contribution in [0.25, 0.3) is 10.8 Å². The van der Waals surface area contributed by atoms with Gasteiger partial charge in [-0.05, 0) is 52.2 Å². The van der Waals surface area contributed by atoms with Crippen LogP contribution in [-0.4, -0.2) is 17.2 Å². The van der Waals surface area contributed by atoms with Gasteiger partial charge < -0.3 is 10.4 Å². The lowest BCUT2D eigenvalue weighted by molar-refractivity contribution is 0.0955. The highest BCUT2D eigenvalue weighted by molar-refractivity contribution is 6.30. The molecule has 0 aliphatic heterocycles. The Kier molecular flexibility index (Phi) is 7.19. The summed E-state index contributed by atoms with van der Waals surface area (Å²) in [7, 11) is 0. The van der Waals surface area contributed by atoms with Crippen molar-refractivity contribution in [1.82, 2.24) is 10.7 Å². The number of nitrogens with zero attached hydrogens (tertiary/aromatic N) is 2. The number of benzene rings is 4. The van der Waals surface area contributed by atoms with E-state index in [2.05, 4.69) is 28.0 Å². The van der Waals surface area contributed by atoms with Gasteiger partial charge in [0.25, 0.3) is 5.91 Å². The maximum absolute atomic E-state index is 12.4. The molecule has 6 nitrogen and oxygen atoms in total. The molecule has 4 aromatic rings. The van der Waals surface area contributed by atoms with E-state index < -0.39 is 5.91 Å². The largest absolute Gasteiger partial charge is 0.507 e.